The molecule has 1 amide bonds. The molecule has 1 aromatic carbocycles. The van der Waals surface area contributed by atoms with E-state index in [1.54, 1.807) is 6.08 Å². The van der Waals surface area contributed by atoms with Gasteiger partial charge in [-0.1, -0.05) is 29.8 Å². The van der Waals surface area contributed by atoms with E-state index in [-0.39, 0.29) is 18.3 Å². The minimum atomic E-state index is -0.343. The van der Waals surface area contributed by atoms with E-state index in [1.165, 1.54) is 14.0 Å². The number of methoxy groups -OCH3 is 1. The number of rotatable bonds is 4. The van der Waals surface area contributed by atoms with Crippen molar-refractivity contribution in [3.8, 4) is 0 Å². The highest BCUT2D eigenvalue weighted by molar-refractivity contribution is 5.86. The summed E-state index contributed by atoms with van der Waals surface area (Å²) in [6.45, 7) is 3.42. The van der Waals surface area contributed by atoms with Crippen molar-refractivity contribution in [1.29, 1.82) is 0 Å². The lowest BCUT2D eigenvalue weighted by molar-refractivity contribution is -0.139. The Morgan fingerprint density at radius 1 is 1.28 bits per heavy atom. The van der Waals surface area contributed by atoms with Gasteiger partial charge in [0.1, 0.15) is 0 Å². The summed E-state index contributed by atoms with van der Waals surface area (Å²) in [5, 5.41) is 2.71. The van der Waals surface area contributed by atoms with Crippen molar-refractivity contribution in [3.63, 3.8) is 0 Å². The van der Waals surface area contributed by atoms with Crippen LogP contribution in [0.4, 0.5) is 0 Å². The van der Waals surface area contributed by atoms with Crippen molar-refractivity contribution in [2.75, 3.05) is 7.11 Å². The molecule has 0 saturated carbocycles. The van der Waals surface area contributed by atoms with Crippen LogP contribution < -0.4 is 5.32 Å². The van der Waals surface area contributed by atoms with Crippen molar-refractivity contribution in [2.24, 2.45) is 0 Å². The first-order valence-corrected chi connectivity index (χ1v) is 5.64. The first kappa shape index (κ1) is 14.0. The minimum absolute atomic E-state index is 0.125. The molecule has 1 rings (SSSR count). The second kappa shape index (κ2) is 6.59. The van der Waals surface area contributed by atoms with Crippen LogP contribution in [0.25, 0.3) is 5.70 Å². The third-order valence-electron chi connectivity index (χ3n) is 2.37. The number of aryl methyl sites for hydroxylation is 1. The fourth-order valence-corrected chi connectivity index (χ4v) is 1.43. The van der Waals surface area contributed by atoms with Crippen LogP contribution in [0.2, 0.25) is 0 Å². The largest absolute Gasteiger partial charge is 0.469 e. The summed E-state index contributed by atoms with van der Waals surface area (Å²) in [7, 11) is 1.33. The second-order valence-corrected chi connectivity index (χ2v) is 3.95. The van der Waals surface area contributed by atoms with E-state index in [9.17, 15) is 9.59 Å². The molecule has 96 valence electrons. The number of hydrogen-bond acceptors (Lipinski definition) is 3. The molecule has 4 heteroatoms. The molecule has 0 aliphatic carbocycles. The van der Waals surface area contributed by atoms with Crippen molar-refractivity contribution in [1.82, 2.24) is 5.32 Å². The molecular formula is C14H17NO3. The van der Waals surface area contributed by atoms with Gasteiger partial charge in [-0.3, -0.25) is 9.59 Å². The van der Waals surface area contributed by atoms with E-state index in [4.69, 9.17) is 0 Å². The van der Waals surface area contributed by atoms with E-state index >= 15 is 0 Å². The van der Waals surface area contributed by atoms with Crippen LogP contribution in [-0.4, -0.2) is 19.0 Å². The Balaban J connectivity index is 2.93. The maximum absolute atomic E-state index is 11.1. The molecule has 18 heavy (non-hydrogen) atoms. The predicted octanol–water partition coefficient (Wildman–Crippen LogP) is 2.04. The van der Waals surface area contributed by atoms with Crippen molar-refractivity contribution in [3.05, 3.63) is 41.5 Å². The molecule has 1 aromatic rings. The zero-order valence-electron chi connectivity index (χ0n) is 10.8. The number of benzene rings is 1. The molecular weight excluding hydrogens is 230 g/mol. The van der Waals surface area contributed by atoms with Crippen LogP contribution in [0.3, 0.4) is 0 Å². The number of esters is 1. The third-order valence-corrected chi connectivity index (χ3v) is 2.37. The highest BCUT2D eigenvalue weighted by atomic mass is 16.5. The highest BCUT2D eigenvalue weighted by Crippen LogP contribution is 2.13. The first-order chi connectivity index (χ1) is 8.52. The Morgan fingerprint density at radius 3 is 2.39 bits per heavy atom. The summed E-state index contributed by atoms with van der Waals surface area (Å²) in [6.07, 6.45) is 1.78. The minimum Gasteiger partial charge on any atom is -0.469 e. The summed E-state index contributed by atoms with van der Waals surface area (Å²) in [4.78, 5) is 22.2. The molecule has 0 atom stereocenters. The topological polar surface area (TPSA) is 55.4 Å². The van der Waals surface area contributed by atoms with E-state index < -0.39 is 0 Å². The molecule has 0 saturated heterocycles. The summed E-state index contributed by atoms with van der Waals surface area (Å²) >= 11 is 0. The van der Waals surface area contributed by atoms with Gasteiger partial charge in [0.2, 0.25) is 5.91 Å². The number of hydrogen-bond donors (Lipinski definition) is 1. The molecule has 0 aliphatic heterocycles. The van der Waals surface area contributed by atoms with E-state index in [1.807, 2.05) is 31.2 Å². The molecule has 0 heterocycles. The van der Waals surface area contributed by atoms with Gasteiger partial charge in [0, 0.05) is 12.6 Å². The Kier molecular flexibility index (Phi) is 5.11. The quantitative estimate of drug-likeness (QED) is 0.828. The maximum atomic E-state index is 11.1. The molecule has 0 bridgehead atoms. The first-order valence-electron chi connectivity index (χ1n) is 5.64. The normalized spacial score (nSPS) is 10.9. The van der Waals surface area contributed by atoms with Crippen LogP contribution in [0.5, 0.6) is 0 Å². The molecule has 0 radical (unpaired) electrons. The summed E-state index contributed by atoms with van der Waals surface area (Å²) in [6, 6.07) is 7.69. The van der Waals surface area contributed by atoms with Gasteiger partial charge in [-0.2, -0.15) is 0 Å². The Labute approximate surface area is 107 Å². The number of nitrogens with one attached hydrogen (secondary N) is 1. The Hall–Kier alpha value is -2.10. The zero-order chi connectivity index (χ0) is 13.5. The number of amides is 1. The zero-order valence-corrected chi connectivity index (χ0v) is 10.8. The highest BCUT2D eigenvalue weighted by Gasteiger charge is 2.05. The van der Waals surface area contributed by atoms with Gasteiger partial charge in [0.05, 0.1) is 13.5 Å². The van der Waals surface area contributed by atoms with Crippen LogP contribution in [0.1, 0.15) is 24.5 Å². The van der Waals surface area contributed by atoms with E-state index in [0.717, 1.165) is 11.1 Å². The summed E-state index contributed by atoms with van der Waals surface area (Å²) in [5.41, 5.74) is 2.61. The molecule has 0 unspecified atom stereocenters. The molecule has 0 aliphatic rings. The molecule has 0 aromatic heterocycles. The molecule has 1 N–H and O–H groups in total. The average Bonchev–Trinajstić information content (AvgIpc) is 2.34. The van der Waals surface area contributed by atoms with Gasteiger partial charge in [0.15, 0.2) is 0 Å². The van der Waals surface area contributed by atoms with E-state index in [2.05, 4.69) is 10.1 Å². The van der Waals surface area contributed by atoms with Crippen LogP contribution in [-0.2, 0) is 14.3 Å². The lowest BCUT2D eigenvalue weighted by Gasteiger charge is -2.09. The monoisotopic (exact) mass is 247 g/mol. The smallest absolute Gasteiger partial charge is 0.309 e. The fraction of sp³-hybridized carbons (Fsp3) is 0.286. The van der Waals surface area contributed by atoms with Gasteiger partial charge < -0.3 is 10.1 Å². The van der Waals surface area contributed by atoms with Crippen molar-refractivity contribution < 1.29 is 14.3 Å². The fourth-order valence-electron chi connectivity index (χ4n) is 1.43. The lowest BCUT2D eigenvalue weighted by Crippen LogP contribution is -2.18. The Bertz CT molecular complexity index is 460. The molecule has 4 nitrogen and oxygen atoms in total. The predicted molar refractivity (Wildman–Crippen MR) is 69.6 cm³/mol. The maximum Gasteiger partial charge on any atom is 0.309 e. The summed E-state index contributed by atoms with van der Waals surface area (Å²) in [5.74, 6) is -0.517. The lowest BCUT2D eigenvalue weighted by atomic mass is 10.1. The van der Waals surface area contributed by atoms with E-state index in [0.29, 0.717) is 5.70 Å². The standard InChI is InChI=1S/C14H17NO3/c1-10-4-6-12(7-5-10)13(15-11(2)16)8-9-14(17)18-3/h4-8H,9H2,1-3H3,(H,15,16). The number of ether oxygens (including phenoxy) is 1. The SMILES string of the molecule is COC(=O)CC=C(NC(C)=O)c1ccc(C)cc1. The van der Waals surface area contributed by atoms with Crippen LogP contribution in [0, 0.1) is 6.92 Å². The van der Waals surface area contributed by atoms with Crippen LogP contribution >= 0.6 is 0 Å². The number of carbonyl (C=O) groups excluding carboxylic acids is 2. The van der Waals surface area contributed by atoms with Crippen LogP contribution in [0.15, 0.2) is 30.3 Å². The number of carbonyl (C=O) groups is 2. The van der Waals surface area contributed by atoms with Gasteiger partial charge in [-0.15, -0.1) is 0 Å². The third kappa shape index (κ3) is 4.41. The van der Waals surface area contributed by atoms with Gasteiger partial charge in [-0.25, -0.2) is 0 Å². The second-order valence-electron chi connectivity index (χ2n) is 3.95. The van der Waals surface area contributed by atoms with Gasteiger partial charge in [0.25, 0.3) is 0 Å². The summed E-state index contributed by atoms with van der Waals surface area (Å²) < 4.78 is 4.56. The Morgan fingerprint density at radius 2 is 1.89 bits per heavy atom. The molecule has 0 fully saturated rings. The van der Waals surface area contributed by atoms with Gasteiger partial charge >= 0.3 is 5.97 Å². The van der Waals surface area contributed by atoms with Crippen molar-refractivity contribution in [2.45, 2.75) is 20.3 Å². The average molecular weight is 247 g/mol. The molecule has 0 spiro atoms. The van der Waals surface area contributed by atoms with Gasteiger partial charge in [-0.05, 0) is 18.6 Å². The van der Waals surface area contributed by atoms with Crippen molar-refractivity contribution >= 4 is 17.6 Å².